The Morgan fingerprint density at radius 3 is 2.09 bits per heavy atom. The van der Waals surface area contributed by atoms with Crippen molar-refractivity contribution in [2.24, 2.45) is 0 Å². The van der Waals surface area contributed by atoms with Crippen molar-refractivity contribution in [1.29, 1.82) is 0 Å². The van der Waals surface area contributed by atoms with Gasteiger partial charge in [-0.1, -0.05) is 89.4 Å². The second-order valence-electron chi connectivity index (χ2n) is 10.0. The Balaban J connectivity index is 1.82. The molecule has 1 N–H and O–H groups in total. The molecule has 0 fully saturated rings. The van der Waals surface area contributed by atoms with Crippen LogP contribution in [0.2, 0.25) is 15.1 Å². The van der Waals surface area contributed by atoms with Crippen LogP contribution in [-0.4, -0.2) is 51.4 Å². The fourth-order valence-electron chi connectivity index (χ4n) is 4.74. The van der Waals surface area contributed by atoms with Crippen LogP contribution < -0.4 is 14.4 Å². The van der Waals surface area contributed by atoms with Gasteiger partial charge in [-0.05, 0) is 60.5 Å². The number of hydrogen-bond acceptors (Lipinski definition) is 5. The van der Waals surface area contributed by atoms with E-state index in [4.69, 9.17) is 39.5 Å². The fourth-order valence-corrected chi connectivity index (χ4v) is 6.74. The average molecular weight is 689 g/mol. The smallest absolute Gasteiger partial charge is 0.264 e. The Labute approximate surface area is 278 Å². The molecule has 0 aliphatic carbocycles. The summed E-state index contributed by atoms with van der Waals surface area (Å²) in [5, 5.41) is 3.60. The molecule has 1 atom stereocenters. The number of halogens is 3. The van der Waals surface area contributed by atoms with Gasteiger partial charge < -0.3 is 15.0 Å². The van der Waals surface area contributed by atoms with E-state index in [1.807, 2.05) is 30.3 Å². The summed E-state index contributed by atoms with van der Waals surface area (Å²) in [6.45, 7) is 1.43. The van der Waals surface area contributed by atoms with Crippen LogP contribution in [0, 0.1) is 0 Å². The lowest BCUT2D eigenvalue weighted by molar-refractivity contribution is -0.140. The maximum Gasteiger partial charge on any atom is 0.264 e. The second kappa shape index (κ2) is 15.5. The van der Waals surface area contributed by atoms with Crippen molar-refractivity contribution in [2.45, 2.75) is 30.8 Å². The quantitative estimate of drug-likeness (QED) is 0.170. The molecule has 8 nitrogen and oxygen atoms in total. The molecular weight excluding hydrogens is 657 g/mol. The van der Waals surface area contributed by atoms with Crippen LogP contribution in [0.3, 0.4) is 0 Å². The first kappa shape index (κ1) is 34.1. The van der Waals surface area contributed by atoms with E-state index in [2.05, 4.69) is 5.32 Å². The van der Waals surface area contributed by atoms with E-state index < -0.39 is 28.5 Å². The van der Waals surface area contributed by atoms with Crippen molar-refractivity contribution < 1.29 is 22.7 Å². The molecule has 0 radical (unpaired) electrons. The third kappa shape index (κ3) is 8.49. The van der Waals surface area contributed by atoms with Gasteiger partial charge in [0.1, 0.15) is 18.3 Å². The van der Waals surface area contributed by atoms with Crippen molar-refractivity contribution in [3.63, 3.8) is 0 Å². The molecule has 45 heavy (non-hydrogen) atoms. The molecule has 0 heterocycles. The lowest BCUT2D eigenvalue weighted by Crippen LogP contribution is -2.53. The zero-order valence-corrected chi connectivity index (χ0v) is 27.7. The van der Waals surface area contributed by atoms with Crippen molar-refractivity contribution >= 4 is 62.3 Å². The highest BCUT2D eigenvalue weighted by atomic mass is 35.5. The summed E-state index contributed by atoms with van der Waals surface area (Å²) in [7, 11) is -2.83. The first-order valence-corrected chi connectivity index (χ1v) is 16.6. The van der Waals surface area contributed by atoms with Crippen molar-refractivity contribution in [2.75, 3.05) is 24.5 Å². The number of amides is 2. The van der Waals surface area contributed by atoms with E-state index in [-0.39, 0.29) is 39.5 Å². The number of nitrogens with zero attached hydrogens (tertiary/aromatic N) is 2. The lowest BCUT2D eigenvalue weighted by atomic mass is 10.0. The van der Waals surface area contributed by atoms with Crippen LogP contribution in [0.5, 0.6) is 5.75 Å². The second-order valence-corrected chi connectivity index (χ2v) is 13.1. The molecule has 0 aromatic heterocycles. The fraction of sp³-hybridized carbons (Fsp3) is 0.212. The van der Waals surface area contributed by atoms with Gasteiger partial charge in [-0.25, -0.2) is 8.42 Å². The highest BCUT2D eigenvalue weighted by Gasteiger charge is 2.34. The molecule has 0 aliphatic rings. The summed E-state index contributed by atoms with van der Waals surface area (Å²) >= 11 is 18.9. The van der Waals surface area contributed by atoms with Crippen LogP contribution in [0.4, 0.5) is 5.69 Å². The van der Waals surface area contributed by atoms with Crippen LogP contribution in [0.1, 0.15) is 18.1 Å². The average Bonchev–Trinajstić information content (AvgIpc) is 3.04. The minimum atomic E-state index is -4.27. The lowest BCUT2D eigenvalue weighted by Gasteiger charge is -2.34. The molecule has 0 unspecified atom stereocenters. The van der Waals surface area contributed by atoms with E-state index in [0.717, 1.165) is 9.87 Å². The summed E-state index contributed by atoms with van der Waals surface area (Å²) in [6.07, 6.45) is 0.180. The largest absolute Gasteiger partial charge is 0.495 e. The molecule has 236 valence electrons. The number of benzene rings is 4. The predicted octanol–water partition coefficient (Wildman–Crippen LogP) is 6.63. The van der Waals surface area contributed by atoms with Gasteiger partial charge in [-0.15, -0.1) is 0 Å². The molecule has 4 aromatic carbocycles. The first-order chi connectivity index (χ1) is 21.5. The summed E-state index contributed by atoms with van der Waals surface area (Å²) < 4.78 is 34.4. The number of carbonyl (C=O) groups is 2. The zero-order valence-electron chi connectivity index (χ0n) is 24.6. The first-order valence-electron chi connectivity index (χ1n) is 14.0. The zero-order chi connectivity index (χ0) is 32.6. The van der Waals surface area contributed by atoms with Gasteiger partial charge in [0.05, 0.1) is 32.8 Å². The summed E-state index contributed by atoms with van der Waals surface area (Å²) in [5.41, 5.74) is 1.56. The minimum absolute atomic E-state index is 0.0228. The molecule has 0 aliphatic heterocycles. The van der Waals surface area contributed by atoms with Crippen molar-refractivity contribution in [1.82, 2.24) is 10.2 Å². The van der Waals surface area contributed by atoms with E-state index >= 15 is 0 Å². The summed E-state index contributed by atoms with van der Waals surface area (Å²) in [5.74, 6) is -0.677. The minimum Gasteiger partial charge on any atom is -0.495 e. The maximum atomic E-state index is 14.4. The van der Waals surface area contributed by atoms with Crippen molar-refractivity contribution in [3.05, 3.63) is 123 Å². The van der Waals surface area contributed by atoms with Crippen LogP contribution in [0.25, 0.3) is 0 Å². The third-order valence-corrected chi connectivity index (χ3v) is 9.81. The highest BCUT2D eigenvalue weighted by molar-refractivity contribution is 7.92. The highest BCUT2D eigenvalue weighted by Crippen LogP contribution is 2.32. The number of carbonyl (C=O) groups excluding carboxylic acids is 2. The van der Waals surface area contributed by atoms with E-state index in [9.17, 15) is 18.0 Å². The molecule has 0 saturated heterocycles. The Morgan fingerprint density at radius 1 is 0.822 bits per heavy atom. The molecule has 4 rings (SSSR count). The Hall–Kier alpha value is -3.76. The predicted molar refractivity (Wildman–Crippen MR) is 179 cm³/mol. The molecule has 0 bridgehead atoms. The Bertz CT molecular complexity index is 1740. The van der Waals surface area contributed by atoms with Gasteiger partial charge in [0.25, 0.3) is 10.0 Å². The Morgan fingerprint density at radius 2 is 1.49 bits per heavy atom. The molecule has 2 amide bonds. The number of methoxy groups -OCH3 is 1. The number of ether oxygens (including phenoxy) is 1. The molecule has 4 aromatic rings. The van der Waals surface area contributed by atoms with E-state index in [1.54, 1.807) is 43.3 Å². The van der Waals surface area contributed by atoms with Gasteiger partial charge in [-0.2, -0.15) is 0 Å². The van der Waals surface area contributed by atoms with E-state index in [1.165, 1.54) is 42.3 Å². The molecule has 12 heteroatoms. The monoisotopic (exact) mass is 687 g/mol. The maximum absolute atomic E-state index is 14.4. The van der Waals surface area contributed by atoms with Gasteiger partial charge in [0.2, 0.25) is 11.8 Å². The summed E-state index contributed by atoms with van der Waals surface area (Å²) in [4.78, 5) is 29.4. The van der Waals surface area contributed by atoms with Crippen LogP contribution >= 0.6 is 34.8 Å². The van der Waals surface area contributed by atoms with Crippen molar-refractivity contribution in [3.8, 4) is 5.75 Å². The molecule has 0 saturated carbocycles. The third-order valence-electron chi connectivity index (χ3n) is 6.99. The number of likely N-dealkylation sites (N-methyl/N-ethyl adjacent to an activating group) is 1. The Kier molecular flexibility index (Phi) is 11.7. The topological polar surface area (TPSA) is 96.0 Å². The van der Waals surface area contributed by atoms with Crippen LogP contribution in [0.15, 0.2) is 102 Å². The normalized spacial score (nSPS) is 11.8. The summed E-state index contributed by atoms with van der Waals surface area (Å²) in [6, 6.07) is 25.4. The van der Waals surface area contributed by atoms with E-state index in [0.29, 0.717) is 22.9 Å². The van der Waals surface area contributed by atoms with Gasteiger partial charge in [-0.3, -0.25) is 13.9 Å². The van der Waals surface area contributed by atoms with Gasteiger partial charge >= 0.3 is 0 Å². The number of rotatable bonds is 13. The number of hydrogen-bond donors (Lipinski definition) is 1. The SMILES string of the molecule is CCNC(=O)[C@@H](Cc1ccccc1)N(Cc1ccc(Cl)c(Cl)c1)C(=O)CN(c1ccc(OC)c(Cl)c1)S(=O)(=O)c1ccccc1. The van der Waals surface area contributed by atoms with Gasteiger partial charge in [0, 0.05) is 19.5 Å². The number of nitrogens with one attached hydrogen (secondary N) is 1. The van der Waals surface area contributed by atoms with Gasteiger partial charge in [0.15, 0.2) is 0 Å². The number of sulfonamides is 1. The standard InChI is InChI=1S/C33H32Cl3N3O5S/c1-3-37-33(41)30(19-23-10-6-4-7-11-23)38(21-24-14-16-27(34)28(35)18-24)32(40)22-39(25-15-17-31(44-2)29(36)20-25)45(42,43)26-12-8-5-9-13-26/h4-18,20,30H,3,19,21-22H2,1-2H3,(H,37,41)/t30-/m1/s1. The van der Waals surface area contributed by atoms with Crippen LogP contribution in [-0.2, 0) is 32.6 Å². The molecule has 0 spiro atoms. The number of anilines is 1. The molecular formula is C33H32Cl3N3O5S.